The Morgan fingerprint density at radius 3 is 2.82 bits per heavy atom. The third-order valence-electron chi connectivity index (χ3n) is 4.72. The van der Waals surface area contributed by atoms with Crippen molar-refractivity contribution >= 4 is 5.78 Å². The van der Waals surface area contributed by atoms with Gasteiger partial charge in [-0.05, 0) is 6.92 Å². The molecule has 0 radical (unpaired) electrons. The minimum Gasteiger partial charge on any atom is -0.311 e. The molecule has 3 atom stereocenters. The third-order valence-corrected chi connectivity index (χ3v) is 4.72. The van der Waals surface area contributed by atoms with Crippen molar-refractivity contribution in [1.29, 1.82) is 0 Å². The van der Waals surface area contributed by atoms with Gasteiger partial charge in [-0.3, -0.25) is 4.79 Å². The van der Waals surface area contributed by atoms with Gasteiger partial charge in [-0.15, -0.1) is 0 Å². The first-order valence-corrected chi connectivity index (χ1v) is 6.62. The van der Waals surface area contributed by atoms with E-state index in [2.05, 4.69) is 37.3 Å². The summed E-state index contributed by atoms with van der Waals surface area (Å²) in [5.41, 5.74) is 1.38. The van der Waals surface area contributed by atoms with Gasteiger partial charge in [0.15, 0.2) is 5.78 Å². The summed E-state index contributed by atoms with van der Waals surface area (Å²) in [5, 5.41) is 0. The molecule has 0 aliphatic carbocycles. The topological polar surface area (TPSA) is 17.1 Å². The van der Waals surface area contributed by atoms with E-state index in [0.717, 1.165) is 17.4 Å². The van der Waals surface area contributed by atoms with Crippen LogP contribution in [-0.4, -0.2) is 29.9 Å². The number of carbonyl (C=O) groups excluding carboxylic acids is 1. The molecule has 2 aliphatic rings. The van der Waals surface area contributed by atoms with Crippen molar-refractivity contribution < 1.29 is 9.28 Å². The van der Waals surface area contributed by atoms with Crippen molar-refractivity contribution in [3.63, 3.8) is 0 Å². The molecule has 1 aromatic carbocycles. The summed E-state index contributed by atoms with van der Waals surface area (Å²) in [6.07, 6.45) is 2.07. The number of fused-ring (bicyclic) bond motifs is 2. The van der Waals surface area contributed by atoms with E-state index in [1.807, 2.05) is 0 Å². The highest BCUT2D eigenvalue weighted by molar-refractivity contribution is 5.80. The number of piperidine rings is 1. The Morgan fingerprint density at radius 1 is 1.29 bits per heavy atom. The van der Waals surface area contributed by atoms with E-state index in [4.69, 9.17) is 0 Å². The van der Waals surface area contributed by atoms with Gasteiger partial charge in [0.2, 0.25) is 0 Å². The van der Waals surface area contributed by atoms with E-state index < -0.39 is 0 Å². The van der Waals surface area contributed by atoms with Crippen LogP contribution in [0.5, 0.6) is 0 Å². The van der Waals surface area contributed by atoms with Crippen molar-refractivity contribution in [1.82, 2.24) is 0 Å². The predicted octanol–water partition coefficient (Wildman–Crippen LogP) is 2.56. The van der Waals surface area contributed by atoms with Crippen LogP contribution in [0.15, 0.2) is 30.3 Å². The zero-order chi connectivity index (χ0) is 11.9. The van der Waals surface area contributed by atoms with E-state index in [0.29, 0.717) is 17.7 Å². The molecule has 0 N–H and O–H groups in total. The van der Waals surface area contributed by atoms with Gasteiger partial charge in [0.25, 0.3) is 0 Å². The van der Waals surface area contributed by atoms with Crippen molar-refractivity contribution in [2.75, 3.05) is 19.6 Å². The second-order valence-corrected chi connectivity index (χ2v) is 5.77. The highest BCUT2D eigenvalue weighted by Gasteiger charge is 2.48. The predicted molar refractivity (Wildman–Crippen MR) is 67.4 cm³/mol. The van der Waals surface area contributed by atoms with Gasteiger partial charge >= 0.3 is 0 Å². The zero-order valence-corrected chi connectivity index (χ0v) is 10.4. The molecule has 0 spiro atoms. The van der Waals surface area contributed by atoms with Crippen molar-refractivity contribution in [2.24, 2.45) is 5.92 Å². The molecular formula is C15H20NO+. The van der Waals surface area contributed by atoms with Crippen LogP contribution in [0.1, 0.15) is 31.4 Å². The molecule has 2 heterocycles. The maximum absolute atomic E-state index is 11.8. The summed E-state index contributed by atoms with van der Waals surface area (Å²) in [6.45, 7) is 5.44. The Morgan fingerprint density at radius 2 is 2.06 bits per heavy atom. The molecule has 17 heavy (non-hydrogen) atoms. The number of nitrogens with zero attached hydrogens (tertiary/aromatic N) is 1. The molecular weight excluding hydrogens is 210 g/mol. The highest BCUT2D eigenvalue weighted by atomic mass is 16.1. The van der Waals surface area contributed by atoms with Crippen LogP contribution >= 0.6 is 0 Å². The number of Topliss-reactive ketones (excluding diaryl/α,β-unsaturated/α-hetero) is 1. The van der Waals surface area contributed by atoms with Gasteiger partial charge in [-0.2, -0.15) is 0 Å². The fourth-order valence-electron chi connectivity index (χ4n) is 3.72. The minimum absolute atomic E-state index is 0.463. The van der Waals surface area contributed by atoms with Crippen LogP contribution in [0.2, 0.25) is 0 Å². The zero-order valence-electron chi connectivity index (χ0n) is 10.4. The van der Waals surface area contributed by atoms with Crippen LogP contribution in [0.4, 0.5) is 0 Å². The van der Waals surface area contributed by atoms with Crippen molar-refractivity contribution in [2.45, 2.75) is 25.8 Å². The monoisotopic (exact) mass is 230 g/mol. The second kappa shape index (κ2) is 3.95. The van der Waals surface area contributed by atoms with Gasteiger partial charge in [-0.1, -0.05) is 30.3 Å². The van der Waals surface area contributed by atoms with Gasteiger partial charge in [-0.25, -0.2) is 0 Å². The Bertz CT molecular complexity index is 428. The van der Waals surface area contributed by atoms with E-state index in [1.54, 1.807) is 0 Å². The maximum atomic E-state index is 11.8. The van der Waals surface area contributed by atoms with Crippen LogP contribution in [0.3, 0.4) is 0 Å². The summed E-state index contributed by atoms with van der Waals surface area (Å²) in [5.74, 6) is 1.13. The lowest BCUT2D eigenvalue weighted by Gasteiger charge is -2.42. The average molecular weight is 230 g/mol. The second-order valence-electron chi connectivity index (χ2n) is 5.77. The van der Waals surface area contributed by atoms with Crippen LogP contribution in [0.25, 0.3) is 0 Å². The molecule has 2 saturated heterocycles. The molecule has 2 aliphatic heterocycles. The summed E-state index contributed by atoms with van der Waals surface area (Å²) < 4.78 is 1.01. The highest BCUT2D eigenvalue weighted by Crippen LogP contribution is 2.40. The standard InChI is InChI=1S/C15H20NO/c1-12(14-5-3-2-4-6-14)16-8-7-13(10-16)9-15(17)11-16/h2-6,12-13H,7-11H2,1H3/q+1/t12?,13-,16?/m1/s1. The molecule has 0 aromatic heterocycles. The molecule has 0 amide bonds. The van der Waals surface area contributed by atoms with E-state index in [1.165, 1.54) is 25.1 Å². The molecule has 0 saturated carbocycles. The fourth-order valence-corrected chi connectivity index (χ4v) is 3.72. The smallest absolute Gasteiger partial charge is 0.187 e. The lowest BCUT2D eigenvalue weighted by molar-refractivity contribution is -0.940. The first kappa shape index (κ1) is 11.0. The maximum Gasteiger partial charge on any atom is 0.187 e. The summed E-state index contributed by atoms with van der Waals surface area (Å²) in [4.78, 5) is 11.8. The number of hydrogen-bond donors (Lipinski definition) is 0. The van der Waals surface area contributed by atoms with E-state index in [9.17, 15) is 4.79 Å². The summed E-state index contributed by atoms with van der Waals surface area (Å²) in [7, 11) is 0. The first-order valence-electron chi connectivity index (χ1n) is 6.62. The molecule has 2 heteroatoms. The average Bonchev–Trinajstić information content (AvgIpc) is 2.66. The quantitative estimate of drug-likeness (QED) is 0.714. The van der Waals surface area contributed by atoms with Crippen LogP contribution < -0.4 is 0 Å². The largest absolute Gasteiger partial charge is 0.311 e. The first-order chi connectivity index (χ1) is 8.20. The van der Waals surface area contributed by atoms with Crippen LogP contribution in [-0.2, 0) is 4.79 Å². The Balaban J connectivity index is 1.90. The summed E-state index contributed by atoms with van der Waals surface area (Å²) in [6, 6.07) is 11.1. The lowest BCUT2D eigenvalue weighted by atomic mass is 9.96. The van der Waals surface area contributed by atoms with Crippen molar-refractivity contribution in [3.05, 3.63) is 35.9 Å². The van der Waals surface area contributed by atoms with Gasteiger partial charge < -0.3 is 4.48 Å². The Hall–Kier alpha value is -1.15. The number of carbonyl (C=O) groups is 1. The molecule has 2 fully saturated rings. The number of benzene rings is 1. The number of ketones is 1. The number of hydrogen-bond acceptors (Lipinski definition) is 1. The molecule has 2 nitrogen and oxygen atoms in total. The Labute approximate surface area is 103 Å². The van der Waals surface area contributed by atoms with Gasteiger partial charge in [0.1, 0.15) is 12.6 Å². The fraction of sp³-hybridized carbons (Fsp3) is 0.533. The van der Waals surface area contributed by atoms with E-state index in [-0.39, 0.29) is 0 Å². The normalized spacial score (nSPS) is 33.7. The number of rotatable bonds is 2. The van der Waals surface area contributed by atoms with Crippen molar-refractivity contribution in [3.8, 4) is 0 Å². The van der Waals surface area contributed by atoms with E-state index >= 15 is 0 Å². The third kappa shape index (κ3) is 1.81. The molecule has 3 rings (SSSR count). The Kier molecular flexibility index (Phi) is 2.55. The van der Waals surface area contributed by atoms with Gasteiger partial charge in [0, 0.05) is 24.3 Å². The van der Waals surface area contributed by atoms with Gasteiger partial charge in [0.05, 0.1) is 13.1 Å². The molecule has 1 aromatic rings. The number of quaternary nitrogens is 1. The summed E-state index contributed by atoms with van der Waals surface area (Å²) >= 11 is 0. The molecule has 2 unspecified atom stereocenters. The van der Waals surface area contributed by atoms with Crippen LogP contribution in [0, 0.1) is 5.92 Å². The lowest BCUT2D eigenvalue weighted by Crippen LogP contribution is -2.53. The minimum atomic E-state index is 0.463. The SMILES string of the molecule is CC(c1ccccc1)[N+]12CC[C@H](CC(=O)C1)C2. The molecule has 2 bridgehead atoms. The molecule has 90 valence electrons.